The van der Waals surface area contributed by atoms with Gasteiger partial charge in [0.1, 0.15) is 0 Å². The zero-order valence-corrected chi connectivity index (χ0v) is 11.2. The highest BCUT2D eigenvalue weighted by Gasteiger charge is 2.49. The third-order valence-electron chi connectivity index (χ3n) is 4.30. The largest absolute Gasteiger partial charge is 0.378 e. The summed E-state index contributed by atoms with van der Waals surface area (Å²) in [4.78, 5) is 13.8. The number of carbonyl (C=O) groups is 1. The van der Waals surface area contributed by atoms with Gasteiger partial charge in [0.15, 0.2) is 0 Å². The molecule has 5 heteroatoms. The minimum atomic E-state index is 0.0729. The Morgan fingerprint density at radius 2 is 1.90 bits per heavy atom. The van der Waals surface area contributed by atoms with Crippen LogP contribution in [0.5, 0.6) is 0 Å². The van der Waals surface area contributed by atoms with Gasteiger partial charge in [-0.2, -0.15) is 5.10 Å². The summed E-state index contributed by atoms with van der Waals surface area (Å²) in [5.74, 6) is 0.558. The number of nitrogens with zero attached hydrogens (tertiary/aromatic N) is 2. The van der Waals surface area contributed by atoms with Gasteiger partial charge in [-0.15, -0.1) is 0 Å². The molecule has 1 aromatic rings. The van der Waals surface area contributed by atoms with Crippen molar-refractivity contribution >= 4 is 17.3 Å². The molecule has 2 heterocycles. The summed E-state index contributed by atoms with van der Waals surface area (Å²) in [6.45, 7) is 3.48. The van der Waals surface area contributed by atoms with E-state index in [9.17, 15) is 4.79 Å². The number of hydrazone groups is 1. The fraction of sp³-hybridized carbons (Fsp3) is 0.467. The van der Waals surface area contributed by atoms with Crippen LogP contribution in [0.2, 0.25) is 0 Å². The van der Waals surface area contributed by atoms with Gasteiger partial charge in [0, 0.05) is 30.6 Å². The molecule has 1 N–H and O–H groups in total. The van der Waals surface area contributed by atoms with Crippen molar-refractivity contribution < 1.29 is 9.53 Å². The smallest absolute Gasteiger partial charge is 0.243 e. The van der Waals surface area contributed by atoms with E-state index in [0.717, 1.165) is 44.0 Å². The lowest BCUT2D eigenvalue weighted by atomic mass is 10.0. The molecule has 104 valence electrons. The highest BCUT2D eigenvalue weighted by atomic mass is 16.5. The first-order valence-corrected chi connectivity index (χ1v) is 7.13. The van der Waals surface area contributed by atoms with Gasteiger partial charge >= 0.3 is 0 Å². The monoisotopic (exact) mass is 271 g/mol. The number of ether oxygens (including phenoxy) is 1. The van der Waals surface area contributed by atoms with Gasteiger partial charge in [-0.3, -0.25) is 4.79 Å². The zero-order chi connectivity index (χ0) is 13.5. The summed E-state index contributed by atoms with van der Waals surface area (Å²) in [7, 11) is 0. The van der Waals surface area contributed by atoms with Crippen LogP contribution in [0.25, 0.3) is 0 Å². The number of carbonyl (C=O) groups excluding carboxylic acids is 1. The summed E-state index contributed by atoms with van der Waals surface area (Å²) in [5, 5.41) is 4.23. The number of benzene rings is 1. The Labute approximate surface area is 117 Å². The van der Waals surface area contributed by atoms with E-state index in [1.165, 1.54) is 5.69 Å². The molecule has 0 bridgehead atoms. The quantitative estimate of drug-likeness (QED) is 0.873. The predicted molar refractivity (Wildman–Crippen MR) is 75.8 cm³/mol. The van der Waals surface area contributed by atoms with E-state index in [0.29, 0.717) is 5.92 Å². The van der Waals surface area contributed by atoms with Gasteiger partial charge in [0.05, 0.1) is 18.9 Å². The number of morpholine rings is 1. The number of hydrogen-bond donors (Lipinski definition) is 1. The average Bonchev–Trinajstić information content (AvgIpc) is 3.30. The molecule has 0 aromatic heterocycles. The Morgan fingerprint density at radius 3 is 2.65 bits per heavy atom. The van der Waals surface area contributed by atoms with Gasteiger partial charge in [0.2, 0.25) is 5.91 Å². The third kappa shape index (κ3) is 1.98. The number of hydrogen-bond acceptors (Lipinski definition) is 4. The number of anilines is 1. The van der Waals surface area contributed by atoms with E-state index in [-0.39, 0.29) is 11.8 Å². The Balaban J connectivity index is 1.54. The van der Waals surface area contributed by atoms with Gasteiger partial charge in [-0.05, 0) is 24.1 Å². The molecule has 2 aliphatic heterocycles. The van der Waals surface area contributed by atoms with Crippen molar-refractivity contribution in [2.45, 2.75) is 6.42 Å². The second-order valence-electron chi connectivity index (χ2n) is 5.57. The molecule has 20 heavy (non-hydrogen) atoms. The highest BCUT2D eigenvalue weighted by molar-refractivity contribution is 6.09. The molecule has 0 radical (unpaired) electrons. The summed E-state index contributed by atoms with van der Waals surface area (Å²) >= 11 is 0. The Hall–Kier alpha value is -1.88. The standard InChI is InChI=1S/C15H17N3O2/c19-15-13-9-12(13)14(16-17-15)10-1-3-11(4-2-10)18-5-7-20-8-6-18/h1-4,12-13H,5-9H2,(H,17,19). The molecule has 1 aliphatic carbocycles. The van der Waals surface area contributed by atoms with E-state index in [1.807, 2.05) is 0 Å². The fourth-order valence-electron chi connectivity index (χ4n) is 3.01. The maximum absolute atomic E-state index is 11.4. The Kier molecular flexibility index (Phi) is 2.73. The van der Waals surface area contributed by atoms with E-state index in [2.05, 4.69) is 39.7 Å². The first-order valence-electron chi connectivity index (χ1n) is 7.13. The van der Waals surface area contributed by atoms with Crippen LogP contribution < -0.4 is 10.3 Å². The molecule has 2 unspecified atom stereocenters. The van der Waals surface area contributed by atoms with Crippen molar-refractivity contribution in [3.8, 4) is 0 Å². The summed E-state index contributed by atoms with van der Waals surface area (Å²) in [5.41, 5.74) is 6.00. The first kappa shape index (κ1) is 11.9. The van der Waals surface area contributed by atoms with Gasteiger partial charge in [0.25, 0.3) is 0 Å². The van der Waals surface area contributed by atoms with Crippen molar-refractivity contribution in [1.82, 2.24) is 5.43 Å². The summed E-state index contributed by atoms with van der Waals surface area (Å²) in [6.07, 6.45) is 0.940. The first-order chi connectivity index (χ1) is 9.83. The van der Waals surface area contributed by atoms with Crippen molar-refractivity contribution in [1.29, 1.82) is 0 Å². The van der Waals surface area contributed by atoms with Crippen LogP contribution in [0, 0.1) is 11.8 Å². The van der Waals surface area contributed by atoms with Crippen molar-refractivity contribution in [2.24, 2.45) is 16.9 Å². The molecule has 2 fully saturated rings. The Morgan fingerprint density at radius 1 is 1.15 bits per heavy atom. The molecule has 1 saturated carbocycles. The van der Waals surface area contributed by atoms with Crippen molar-refractivity contribution in [2.75, 3.05) is 31.2 Å². The molecule has 2 atom stereocenters. The SMILES string of the molecule is O=C1NN=C(c2ccc(N3CCOCC3)cc2)C2CC12. The van der Waals surface area contributed by atoms with Crippen LogP contribution in [0.3, 0.4) is 0 Å². The molecule has 1 amide bonds. The summed E-state index contributed by atoms with van der Waals surface area (Å²) in [6, 6.07) is 8.49. The predicted octanol–water partition coefficient (Wildman–Crippen LogP) is 0.993. The number of fused-ring (bicyclic) bond motifs is 1. The molecular weight excluding hydrogens is 254 g/mol. The van der Waals surface area contributed by atoms with Crippen LogP contribution in [-0.2, 0) is 9.53 Å². The molecule has 4 rings (SSSR count). The highest BCUT2D eigenvalue weighted by Crippen LogP contribution is 2.43. The Bertz CT molecular complexity index is 561. The second kappa shape index (κ2) is 4.59. The van der Waals surface area contributed by atoms with E-state index in [4.69, 9.17) is 4.74 Å². The normalized spacial score (nSPS) is 28.5. The number of rotatable bonds is 2. The molecule has 1 aromatic carbocycles. The minimum absolute atomic E-state index is 0.0729. The van der Waals surface area contributed by atoms with Crippen LogP contribution in [0.1, 0.15) is 12.0 Å². The fourth-order valence-corrected chi connectivity index (χ4v) is 3.01. The number of amides is 1. The lowest BCUT2D eigenvalue weighted by molar-refractivity contribution is -0.122. The van der Waals surface area contributed by atoms with Gasteiger partial charge in [-0.25, -0.2) is 5.43 Å². The van der Waals surface area contributed by atoms with Crippen molar-refractivity contribution in [3.05, 3.63) is 29.8 Å². The van der Waals surface area contributed by atoms with E-state index < -0.39 is 0 Å². The third-order valence-corrected chi connectivity index (χ3v) is 4.30. The van der Waals surface area contributed by atoms with Crippen LogP contribution >= 0.6 is 0 Å². The molecule has 5 nitrogen and oxygen atoms in total. The maximum atomic E-state index is 11.4. The summed E-state index contributed by atoms with van der Waals surface area (Å²) < 4.78 is 5.37. The van der Waals surface area contributed by atoms with Crippen LogP contribution in [0.15, 0.2) is 29.4 Å². The minimum Gasteiger partial charge on any atom is -0.378 e. The lowest BCUT2D eigenvalue weighted by Crippen LogP contribution is -2.36. The molecule has 3 aliphatic rings. The molecule has 1 saturated heterocycles. The maximum Gasteiger partial charge on any atom is 0.243 e. The molecular formula is C15H17N3O2. The zero-order valence-electron chi connectivity index (χ0n) is 11.2. The van der Waals surface area contributed by atoms with E-state index in [1.54, 1.807) is 0 Å². The van der Waals surface area contributed by atoms with Gasteiger partial charge < -0.3 is 9.64 Å². The average molecular weight is 271 g/mol. The van der Waals surface area contributed by atoms with E-state index >= 15 is 0 Å². The molecule has 0 spiro atoms. The van der Waals surface area contributed by atoms with Crippen molar-refractivity contribution in [3.63, 3.8) is 0 Å². The van der Waals surface area contributed by atoms with Gasteiger partial charge in [-0.1, -0.05) is 12.1 Å². The topological polar surface area (TPSA) is 53.9 Å². The van der Waals surface area contributed by atoms with Crippen LogP contribution in [-0.4, -0.2) is 37.9 Å². The second-order valence-corrected chi connectivity index (χ2v) is 5.57. The number of nitrogens with one attached hydrogen (secondary N) is 1. The lowest BCUT2D eigenvalue weighted by Gasteiger charge is -2.29. The van der Waals surface area contributed by atoms with Crippen LogP contribution in [0.4, 0.5) is 5.69 Å².